The molecule has 66 valence electrons. The molecular formula is C7H18N4. The molecule has 0 rings (SSSR count). The van der Waals surface area contributed by atoms with E-state index in [1.807, 2.05) is 27.7 Å². The Labute approximate surface area is 68.6 Å². The van der Waals surface area contributed by atoms with Gasteiger partial charge in [-0.15, -0.1) is 5.10 Å². The molecule has 0 bridgehead atoms. The first-order valence-electron chi connectivity index (χ1n) is 3.80. The summed E-state index contributed by atoms with van der Waals surface area (Å²) in [5, 5.41) is 10.4. The first-order valence-corrected chi connectivity index (χ1v) is 3.80. The maximum absolute atomic E-state index is 5.40. The number of hydrogen-bond acceptors (Lipinski definition) is 2. The van der Waals surface area contributed by atoms with E-state index >= 15 is 0 Å². The van der Waals surface area contributed by atoms with Crippen LogP contribution >= 0.6 is 0 Å². The van der Waals surface area contributed by atoms with E-state index in [-0.39, 0.29) is 5.92 Å². The molecule has 2 N–H and O–H groups in total. The molecule has 4 nitrogen and oxygen atoms in total. The number of amidine groups is 1. The van der Waals surface area contributed by atoms with Gasteiger partial charge in [0.2, 0.25) is 0 Å². The number of hydrogen-bond donors (Lipinski definition) is 1. The molecular weight excluding hydrogens is 140 g/mol. The topological polar surface area (TPSA) is 63.1 Å². The zero-order valence-electron chi connectivity index (χ0n) is 8.00. The molecule has 0 amide bonds. The van der Waals surface area contributed by atoms with Crippen LogP contribution in [0, 0.1) is 5.92 Å². The minimum absolute atomic E-state index is 0.246. The molecule has 0 aromatic carbocycles. The highest BCUT2D eigenvalue weighted by Crippen LogP contribution is 1.90. The Balaban J connectivity index is 0. The molecule has 0 atom stereocenters. The van der Waals surface area contributed by atoms with Gasteiger partial charge in [-0.3, -0.25) is 0 Å². The second kappa shape index (κ2) is 9.07. The molecule has 0 radical (unpaired) electrons. The van der Waals surface area contributed by atoms with Gasteiger partial charge in [0.25, 0.3) is 0 Å². The van der Waals surface area contributed by atoms with Crippen molar-refractivity contribution in [3.8, 4) is 0 Å². The predicted octanol–water partition coefficient (Wildman–Crippen LogP) is 2.02. The van der Waals surface area contributed by atoms with Crippen molar-refractivity contribution in [1.29, 1.82) is 0 Å². The van der Waals surface area contributed by atoms with Gasteiger partial charge in [-0.25, -0.2) is 0 Å². The molecule has 11 heavy (non-hydrogen) atoms. The van der Waals surface area contributed by atoms with Crippen LogP contribution in [0.5, 0.6) is 0 Å². The minimum Gasteiger partial charge on any atom is -0.385 e. The van der Waals surface area contributed by atoms with Crippen LogP contribution in [0.1, 0.15) is 27.7 Å². The molecule has 0 aromatic heterocycles. The summed E-state index contributed by atoms with van der Waals surface area (Å²) in [5.74, 6) is 0.760. The van der Waals surface area contributed by atoms with Gasteiger partial charge < -0.3 is 5.73 Å². The van der Waals surface area contributed by atoms with Gasteiger partial charge in [0.1, 0.15) is 5.84 Å². The molecule has 0 unspecified atom stereocenters. The summed E-state index contributed by atoms with van der Waals surface area (Å²) in [7, 11) is 1.55. The summed E-state index contributed by atoms with van der Waals surface area (Å²) in [6.45, 7) is 7.90. The van der Waals surface area contributed by atoms with Gasteiger partial charge in [0, 0.05) is 5.92 Å². The predicted molar refractivity (Wildman–Crippen MR) is 48.6 cm³/mol. The third-order valence-electron chi connectivity index (χ3n) is 0.841. The third-order valence-corrected chi connectivity index (χ3v) is 0.841. The Morgan fingerprint density at radius 3 is 2.00 bits per heavy atom. The summed E-state index contributed by atoms with van der Waals surface area (Å²) in [4.78, 5) is 0. The summed E-state index contributed by atoms with van der Waals surface area (Å²) < 4.78 is 0. The van der Waals surface area contributed by atoms with Crippen molar-refractivity contribution in [3.63, 3.8) is 0 Å². The molecule has 4 heteroatoms. The van der Waals surface area contributed by atoms with Crippen LogP contribution in [0.15, 0.2) is 15.4 Å². The van der Waals surface area contributed by atoms with E-state index in [2.05, 4.69) is 15.4 Å². The Morgan fingerprint density at radius 2 is 1.73 bits per heavy atom. The fourth-order valence-corrected chi connectivity index (χ4v) is 0.212. The lowest BCUT2D eigenvalue weighted by molar-refractivity contribution is 0.852. The average molecular weight is 158 g/mol. The monoisotopic (exact) mass is 158 g/mol. The quantitative estimate of drug-likeness (QED) is 0.284. The lowest BCUT2D eigenvalue weighted by Crippen LogP contribution is -2.17. The maximum atomic E-state index is 5.40. The van der Waals surface area contributed by atoms with E-state index in [0.29, 0.717) is 5.84 Å². The molecule has 0 aromatic rings. The van der Waals surface area contributed by atoms with Gasteiger partial charge in [-0.2, -0.15) is 5.11 Å². The fraction of sp³-hybridized carbons (Fsp3) is 0.857. The third kappa shape index (κ3) is 9.07. The summed E-state index contributed by atoms with van der Waals surface area (Å²) in [5.41, 5.74) is 5.40. The molecule has 0 spiro atoms. The van der Waals surface area contributed by atoms with Crippen LogP contribution in [-0.2, 0) is 0 Å². The Kier molecular flexibility index (Phi) is 10.5. The van der Waals surface area contributed by atoms with Crippen LogP contribution < -0.4 is 5.73 Å². The van der Waals surface area contributed by atoms with Crippen LogP contribution in [0.4, 0.5) is 0 Å². The number of rotatable bonds is 2. The highest BCUT2D eigenvalue weighted by atomic mass is 15.4. The van der Waals surface area contributed by atoms with Crippen LogP contribution in [0.3, 0.4) is 0 Å². The van der Waals surface area contributed by atoms with Crippen molar-refractivity contribution >= 4 is 5.84 Å². The van der Waals surface area contributed by atoms with Gasteiger partial charge in [0.05, 0.1) is 7.05 Å². The summed E-state index contributed by atoms with van der Waals surface area (Å²) in [6.07, 6.45) is 0. The number of nitrogens with zero attached hydrogens (tertiary/aromatic N) is 3. The number of nitrogens with two attached hydrogens (primary N) is 1. The van der Waals surface area contributed by atoms with Crippen molar-refractivity contribution in [2.45, 2.75) is 27.7 Å². The largest absolute Gasteiger partial charge is 0.385 e. The molecule has 0 saturated heterocycles. The lowest BCUT2D eigenvalue weighted by atomic mass is 10.2. The molecule has 0 fully saturated rings. The average Bonchev–Trinajstić information content (AvgIpc) is 2.03. The van der Waals surface area contributed by atoms with E-state index in [4.69, 9.17) is 5.73 Å². The van der Waals surface area contributed by atoms with Gasteiger partial charge in [-0.1, -0.05) is 27.7 Å². The molecule has 0 aliphatic heterocycles. The van der Waals surface area contributed by atoms with Gasteiger partial charge in [-0.05, 0) is 5.22 Å². The highest BCUT2D eigenvalue weighted by molar-refractivity contribution is 5.81. The van der Waals surface area contributed by atoms with Crippen molar-refractivity contribution in [3.05, 3.63) is 0 Å². The summed E-state index contributed by atoms with van der Waals surface area (Å²) in [6, 6.07) is 0. The first kappa shape index (κ1) is 12.7. The zero-order chi connectivity index (χ0) is 9.28. The second-order valence-corrected chi connectivity index (χ2v) is 1.97. The Hall–Kier alpha value is -0.930. The fourth-order valence-electron chi connectivity index (χ4n) is 0.212. The van der Waals surface area contributed by atoms with Gasteiger partial charge >= 0.3 is 0 Å². The lowest BCUT2D eigenvalue weighted by Gasteiger charge is -1.97. The smallest absolute Gasteiger partial charge is 0.126 e. The highest BCUT2D eigenvalue weighted by Gasteiger charge is 1.96. The summed E-state index contributed by atoms with van der Waals surface area (Å²) >= 11 is 0. The molecule has 0 aliphatic rings. The van der Waals surface area contributed by atoms with Crippen molar-refractivity contribution in [2.75, 3.05) is 7.05 Å². The van der Waals surface area contributed by atoms with Crippen molar-refractivity contribution in [2.24, 2.45) is 27.1 Å². The Bertz CT molecular complexity index is 126. The van der Waals surface area contributed by atoms with E-state index in [0.717, 1.165) is 0 Å². The van der Waals surface area contributed by atoms with Crippen molar-refractivity contribution < 1.29 is 0 Å². The first-order chi connectivity index (χ1) is 5.18. The van der Waals surface area contributed by atoms with Gasteiger partial charge in [0.15, 0.2) is 0 Å². The molecule has 0 aliphatic carbocycles. The second-order valence-electron chi connectivity index (χ2n) is 1.97. The van der Waals surface area contributed by atoms with Crippen LogP contribution in [0.25, 0.3) is 0 Å². The van der Waals surface area contributed by atoms with Crippen molar-refractivity contribution in [1.82, 2.24) is 0 Å². The van der Waals surface area contributed by atoms with E-state index in [1.54, 1.807) is 7.05 Å². The van der Waals surface area contributed by atoms with E-state index in [1.165, 1.54) is 0 Å². The van der Waals surface area contributed by atoms with Crippen LogP contribution in [0.2, 0.25) is 0 Å². The van der Waals surface area contributed by atoms with E-state index < -0.39 is 0 Å². The zero-order valence-corrected chi connectivity index (χ0v) is 8.00. The van der Waals surface area contributed by atoms with E-state index in [9.17, 15) is 0 Å². The minimum atomic E-state index is 0.246. The molecule has 0 heterocycles. The normalized spacial score (nSPS) is 11.6. The SMILES string of the molecule is CC.CN=N/N=C(\N)C(C)C. The standard InChI is InChI=1S/C5H12N4.C2H6/c1-4(2)5(6)8-9-7-3;1-2/h4H,1-3H3,(H2,6,7,8);1-2H3. The maximum Gasteiger partial charge on any atom is 0.126 e. The molecule has 0 saturated carbocycles. The Morgan fingerprint density at radius 1 is 1.27 bits per heavy atom. The van der Waals surface area contributed by atoms with Crippen LogP contribution in [-0.4, -0.2) is 12.9 Å².